The number of fused-ring (bicyclic) bond motifs is 1. The van der Waals surface area contributed by atoms with Gasteiger partial charge in [-0.15, -0.1) is 11.3 Å². The number of benzene rings is 1. The number of rotatable bonds is 4. The summed E-state index contributed by atoms with van der Waals surface area (Å²) in [5, 5.41) is 5.83. The zero-order chi connectivity index (χ0) is 14.7. The minimum absolute atomic E-state index is 0.00514. The van der Waals surface area contributed by atoms with Gasteiger partial charge in [0.05, 0.1) is 6.04 Å². The van der Waals surface area contributed by atoms with Crippen LogP contribution in [0.15, 0.2) is 29.6 Å². The number of likely N-dealkylation sites (N-methyl/N-ethyl adjacent to an activating group) is 1. The van der Waals surface area contributed by atoms with E-state index in [0.717, 1.165) is 5.56 Å². The van der Waals surface area contributed by atoms with E-state index in [1.54, 1.807) is 11.3 Å². The zero-order valence-corrected chi connectivity index (χ0v) is 12.2. The molecule has 1 heterocycles. The Morgan fingerprint density at radius 1 is 1.35 bits per heavy atom. The number of amides is 2. The highest BCUT2D eigenvalue weighted by Gasteiger charge is 2.20. The lowest BCUT2D eigenvalue weighted by Crippen LogP contribution is -2.40. The third kappa shape index (κ3) is 2.97. The second-order valence-electron chi connectivity index (χ2n) is 4.74. The molecule has 1 atom stereocenters. The molecule has 0 fully saturated rings. The molecule has 3 N–H and O–H groups in total. The van der Waals surface area contributed by atoms with E-state index in [0.29, 0.717) is 6.54 Å². The predicted molar refractivity (Wildman–Crippen MR) is 80.5 cm³/mol. The van der Waals surface area contributed by atoms with E-state index in [4.69, 9.17) is 5.73 Å². The maximum Gasteiger partial charge on any atom is 0.309 e. The molecular formula is C14H17N3O2S. The van der Waals surface area contributed by atoms with Crippen LogP contribution in [0, 0.1) is 0 Å². The second kappa shape index (κ2) is 6.02. The lowest BCUT2D eigenvalue weighted by atomic mass is 10.0. The van der Waals surface area contributed by atoms with Crippen molar-refractivity contribution in [1.82, 2.24) is 10.2 Å². The minimum atomic E-state index is -0.960. The Morgan fingerprint density at radius 2 is 2.05 bits per heavy atom. The van der Waals surface area contributed by atoms with E-state index < -0.39 is 11.8 Å². The Labute approximate surface area is 121 Å². The second-order valence-corrected chi connectivity index (χ2v) is 5.65. The first kappa shape index (κ1) is 14.5. The molecule has 0 aliphatic carbocycles. The van der Waals surface area contributed by atoms with Gasteiger partial charge in [0.2, 0.25) is 0 Å². The molecule has 0 bridgehead atoms. The van der Waals surface area contributed by atoms with Crippen molar-refractivity contribution in [3.8, 4) is 0 Å². The maximum absolute atomic E-state index is 11.3. The van der Waals surface area contributed by atoms with Gasteiger partial charge >= 0.3 is 11.8 Å². The van der Waals surface area contributed by atoms with Gasteiger partial charge in [0, 0.05) is 11.2 Å². The molecule has 5 nitrogen and oxygen atoms in total. The average molecular weight is 291 g/mol. The average Bonchev–Trinajstić information content (AvgIpc) is 2.82. The van der Waals surface area contributed by atoms with Crippen molar-refractivity contribution in [3.63, 3.8) is 0 Å². The molecule has 0 aliphatic heterocycles. The molecular weight excluding hydrogens is 274 g/mol. The Balaban J connectivity index is 2.25. The van der Waals surface area contributed by atoms with E-state index in [2.05, 4.69) is 22.8 Å². The smallest absolute Gasteiger partial charge is 0.309 e. The van der Waals surface area contributed by atoms with Gasteiger partial charge in [0.1, 0.15) is 0 Å². The molecule has 2 rings (SSSR count). The summed E-state index contributed by atoms with van der Waals surface area (Å²) in [4.78, 5) is 24.1. The van der Waals surface area contributed by atoms with Crippen molar-refractivity contribution in [3.05, 3.63) is 35.2 Å². The maximum atomic E-state index is 11.3. The fourth-order valence-electron chi connectivity index (χ4n) is 2.10. The summed E-state index contributed by atoms with van der Waals surface area (Å²) in [6.07, 6.45) is 0. The van der Waals surface area contributed by atoms with Gasteiger partial charge < -0.3 is 16.0 Å². The van der Waals surface area contributed by atoms with Crippen LogP contribution in [-0.4, -0.2) is 37.4 Å². The van der Waals surface area contributed by atoms with Crippen LogP contribution in [0.1, 0.15) is 11.6 Å². The van der Waals surface area contributed by atoms with Crippen LogP contribution in [0.3, 0.4) is 0 Å². The van der Waals surface area contributed by atoms with E-state index in [9.17, 15) is 9.59 Å². The summed E-state index contributed by atoms with van der Waals surface area (Å²) in [7, 11) is 3.88. The van der Waals surface area contributed by atoms with Crippen molar-refractivity contribution in [2.24, 2.45) is 5.73 Å². The predicted octanol–water partition coefficient (Wildman–Crippen LogP) is 1.11. The fourth-order valence-corrected chi connectivity index (χ4v) is 3.11. The molecule has 2 amide bonds. The number of hydrogen-bond acceptors (Lipinski definition) is 4. The highest BCUT2D eigenvalue weighted by atomic mass is 32.1. The SMILES string of the molecule is CN(C)[C@@H](CNC(=O)C(N)=O)c1csc2ccccc12. The molecule has 0 spiro atoms. The lowest BCUT2D eigenvalue weighted by Gasteiger charge is -2.24. The molecule has 0 saturated heterocycles. The van der Waals surface area contributed by atoms with Gasteiger partial charge in [-0.3, -0.25) is 9.59 Å². The molecule has 20 heavy (non-hydrogen) atoms. The van der Waals surface area contributed by atoms with E-state index in [-0.39, 0.29) is 6.04 Å². The number of hydrogen-bond donors (Lipinski definition) is 2. The van der Waals surface area contributed by atoms with Gasteiger partial charge in [-0.05, 0) is 36.5 Å². The Hall–Kier alpha value is -1.92. The first-order chi connectivity index (χ1) is 9.50. The lowest BCUT2D eigenvalue weighted by molar-refractivity contribution is -0.137. The van der Waals surface area contributed by atoms with Crippen molar-refractivity contribution in [2.45, 2.75) is 6.04 Å². The van der Waals surface area contributed by atoms with Crippen LogP contribution < -0.4 is 11.1 Å². The molecule has 106 valence electrons. The van der Waals surface area contributed by atoms with Crippen molar-refractivity contribution < 1.29 is 9.59 Å². The van der Waals surface area contributed by atoms with Gasteiger partial charge in [-0.1, -0.05) is 18.2 Å². The summed E-state index contributed by atoms with van der Waals surface area (Å²) in [6, 6.07) is 8.12. The normalized spacial score (nSPS) is 12.6. The van der Waals surface area contributed by atoms with E-state index in [1.807, 2.05) is 31.1 Å². The molecule has 0 radical (unpaired) electrons. The summed E-state index contributed by atoms with van der Waals surface area (Å²) in [6.45, 7) is 0.343. The van der Waals surface area contributed by atoms with Crippen LogP contribution in [0.2, 0.25) is 0 Å². The van der Waals surface area contributed by atoms with E-state index in [1.165, 1.54) is 10.1 Å². The van der Waals surface area contributed by atoms with E-state index >= 15 is 0 Å². The Bertz CT molecular complexity index is 636. The number of nitrogens with two attached hydrogens (primary N) is 1. The highest BCUT2D eigenvalue weighted by molar-refractivity contribution is 7.17. The largest absolute Gasteiger partial charge is 0.361 e. The summed E-state index contributed by atoms with van der Waals surface area (Å²) >= 11 is 1.67. The number of thiophene rings is 1. The van der Waals surface area contributed by atoms with Crippen molar-refractivity contribution >= 4 is 33.2 Å². The number of carbonyl (C=O) groups is 2. The molecule has 0 saturated carbocycles. The first-order valence-corrected chi connectivity index (χ1v) is 7.09. The van der Waals surface area contributed by atoms with Crippen molar-refractivity contribution in [1.29, 1.82) is 0 Å². The Kier molecular flexibility index (Phi) is 4.36. The molecule has 0 aliphatic rings. The summed E-state index contributed by atoms with van der Waals surface area (Å²) in [5.41, 5.74) is 6.08. The van der Waals surface area contributed by atoms with Crippen LogP contribution in [-0.2, 0) is 9.59 Å². The molecule has 2 aromatic rings. The molecule has 6 heteroatoms. The van der Waals surface area contributed by atoms with Crippen molar-refractivity contribution in [2.75, 3.05) is 20.6 Å². The fraction of sp³-hybridized carbons (Fsp3) is 0.286. The van der Waals surface area contributed by atoms with Crippen LogP contribution in [0.5, 0.6) is 0 Å². The molecule has 0 unspecified atom stereocenters. The zero-order valence-electron chi connectivity index (χ0n) is 11.4. The topological polar surface area (TPSA) is 75.4 Å². The third-order valence-corrected chi connectivity index (χ3v) is 4.15. The highest BCUT2D eigenvalue weighted by Crippen LogP contribution is 2.31. The van der Waals surface area contributed by atoms with Gasteiger partial charge in [0.15, 0.2) is 0 Å². The standard InChI is InChI=1S/C14H17N3O2S/c1-17(2)11(7-16-14(19)13(15)18)10-8-20-12-6-4-3-5-9(10)12/h3-6,8,11H,7H2,1-2H3,(H2,15,18)(H,16,19)/t11-/m0/s1. The molecule has 1 aromatic heterocycles. The monoisotopic (exact) mass is 291 g/mol. The number of primary amides is 1. The first-order valence-electron chi connectivity index (χ1n) is 6.21. The minimum Gasteiger partial charge on any atom is -0.361 e. The van der Waals surface area contributed by atoms with Crippen LogP contribution in [0.25, 0.3) is 10.1 Å². The van der Waals surface area contributed by atoms with Crippen LogP contribution >= 0.6 is 11.3 Å². The molecule has 1 aromatic carbocycles. The van der Waals surface area contributed by atoms with Gasteiger partial charge in [-0.25, -0.2) is 0 Å². The summed E-state index contributed by atoms with van der Waals surface area (Å²) in [5.74, 6) is -1.71. The summed E-state index contributed by atoms with van der Waals surface area (Å²) < 4.78 is 1.20. The van der Waals surface area contributed by atoms with Gasteiger partial charge in [0.25, 0.3) is 0 Å². The number of nitrogens with one attached hydrogen (secondary N) is 1. The Morgan fingerprint density at radius 3 is 2.70 bits per heavy atom. The quantitative estimate of drug-likeness (QED) is 0.828. The number of carbonyl (C=O) groups excluding carboxylic acids is 2. The number of nitrogens with zero attached hydrogens (tertiary/aromatic N) is 1. The third-order valence-electron chi connectivity index (χ3n) is 3.17. The van der Waals surface area contributed by atoms with Gasteiger partial charge in [-0.2, -0.15) is 0 Å². The van der Waals surface area contributed by atoms with Crippen LogP contribution in [0.4, 0.5) is 0 Å².